The van der Waals surface area contributed by atoms with Crippen LogP contribution in [0.3, 0.4) is 0 Å². The Morgan fingerprint density at radius 2 is 1.84 bits per heavy atom. The van der Waals surface area contributed by atoms with E-state index in [0.717, 1.165) is 5.92 Å². The lowest BCUT2D eigenvalue weighted by Gasteiger charge is -2.06. The first-order valence-electron chi connectivity index (χ1n) is 7.59. The highest BCUT2D eigenvalue weighted by Gasteiger charge is 2.25. The van der Waals surface area contributed by atoms with E-state index in [9.17, 15) is 0 Å². The van der Waals surface area contributed by atoms with Crippen molar-refractivity contribution in [3.63, 3.8) is 0 Å². The summed E-state index contributed by atoms with van der Waals surface area (Å²) in [7, 11) is 0.00980. The average Bonchev–Trinajstić information content (AvgIpc) is 2.69. The van der Waals surface area contributed by atoms with Gasteiger partial charge in [0.1, 0.15) is 11.5 Å². The molecule has 0 aromatic rings. The van der Waals surface area contributed by atoms with Crippen molar-refractivity contribution in [3.8, 4) is 0 Å². The molecule has 0 radical (unpaired) electrons. The highest BCUT2D eigenvalue weighted by atomic mass is 31.1. The van der Waals surface area contributed by atoms with Crippen LogP contribution in [-0.4, -0.2) is 18.1 Å². The third-order valence-electron chi connectivity index (χ3n) is 4.33. The van der Waals surface area contributed by atoms with Crippen molar-refractivity contribution in [1.29, 1.82) is 0 Å². The lowest BCUT2D eigenvalue weighted by atomic mass is 9.99. The van der Waals surface area contributed by atoms with Gasteiger partial charge in [0.2, 0.25) is 0 Å². The van der Waals surface area contributed by atoms with Gasteiger partial charge in [0, 0.05) is 11.5 Å². The molecule has 0 bridgehead atoms. The van der Waals surface area contributed by atoms with Crippen LogP contribution in [0.15, 0.2) is 34.4 Å². The average molecular weight is 275 g/mol. The summed E-state index contributed by atoms with van der Waals surface area (Å²) in [5, 5.41) is 1.70. The van der Waals surface area contributed by atoms with E-state index in [1.54, 1.807) is 27.6 Å². The van der Waals surface area contributed by atoms with Gasteiger partial charge in [-0.25, -0.2) is 0 Å². The molecule has 0 nitrogen and oxygen atoms in total. The molecule has 1 heterocycles. The topological polar surface area (TPSA) is 0 Å². The Morgan fingerprint density at radius 1 is 1.11 bits per heavy atom. The Labute approximate surface area is 120 Å². The van der Waals surface area contributed by atoms with Gasteiger partial charge in [0.05, 0.1) is 14.2 Å². The summed E-state index contributed by atoms with van der Waals surface area (Å²) in [5.74, 6) is 0.734. The maximum Gasteiger partial charge on any atom is 0.146 e. The molecule has 19 heavy (non-hydrogen) atoms. The van der Waals surface area contributed by atoms with Gasteiger partial charge in [0.15, 0.2) is 0 Å². The second kappa shape index (κ2) is 6.23. The largest absolute Gasteiger partial charge is 0.146 e. The molecule has 0 N–H and O–H groups in total. The van der Waals surface area contributed by atoms with Crippen LogP contribution in [-0.2, 0) is 0 Å². The van der Waals surface area contributed by atoms with Crippen molar-refractivity contribution in [3.05, 3.63) is 34.4 Å². The smallest absolute Gasteiger partial charge is 0.0787 e. The minimum absolute atomic E-state index is 0.00980. The molecule has 0 aromatic heterocycles. The van der Waals surface area contributed by atoms with E-state index in [4.69, 9.17) is 0 Å². The zero-order valence-corrected chi connectivity index (χ0v) is 14.1. The summed E-state index contributed by atoms with van der Waals surface area (Å²) in [6.45, 7) is 11.8. The van der Waals surface area contributed by atoms with Crippen LogP contribution < -0.4 is 0 Å². The quantitative estimate of drug-likeness (QED) is 0.393. The summed E-state index contributed by atoms with van der Waals surface area (Å²) in [6, 6.07) is 0. The van der Waals surface area contributed by atoms with Crippen molar-refractivity contribution in [2.24, 2.45) is 5.92 Å². The SMILES string of the molecule is CC1=CC(C)C[P+](C)=C2C=C(C)CC2=C(C)CCC1. The first-order valence-corrected chi connectivity index (χ1v) is 9.56. The first-order chi connectivity index (χ1) is 8.97. The number of fused-ring (bicyclic) bond motifs is 1. The Balaban J connectivity index is 2.41. The fourth-order valence-electron chi connectivity index (χ4n) is 3.39. The summed E-state index contributed by atoms with van der Waals surface area (Å²) >= 11 is 0. The van der Waals surface area contributed by atoms with Gasteiger partial charge < -0.3 is 0 Å². The van der Waals surface area contributed by atoms with Crippen molar-refractivity contribution >= 4 is 12.8 Å². The van der Waals surface area contributed by atoms with Crippen molar-refractivity contribution in [1.82, 2.24) is 0 Å². The van der Waals surface area contributed by atoms with Gasteiger partial charge in [-0.1, -0.05) is 29.7 Å². The molecule has 0 fully saturated rings. The second-order valence-electron chi connectivity index (χ2n) is 6.54. The molecular formula is C18H28P+. The first kappa shape index (κ1) is 14.8. The monoisotopic (exact) mass is 275 g/mol. The van der Waals surface area contributed by atoms with E-state index in [0.29, 0.717) is 0 Å². The van der Waals surface area contributed by atoms with Crippen LogP contribution in [0.1, 0.15) is 53.4 Å². The Morgan fingerprint density at radius 3 is 2.58 bits per heavy atom. The molecule has 1 heteroatoms. The maximum atomic E-state index is 2.52. The molecule has 2 rings (SSSR count). The third kappa shape index (κ3) is 3.69. The van der Waals surface area contributed by atoms with Gasteiger partial charge in [-0.2, -0.15) is 0 Å². The van der Waals surface area contributed by atoms with Gasteiger partial charge in [0.25, 0.3) is 0 Å². The molecule has 2 unspecified atom stereocenters. The summed E-state index contributed by atoms with van der Waals surface area (Å²) in [5.41, 5.74) is 6.50. The lowest BCUT2D eigenvalue weighted by Crippen LogP contribution is -2.01. The number of allylic oxidation sites excluding steroid dienone is 6. The van der Waals surface area contributed by atoms with Crippen molar-refractivity contribution < 1.29 is 0 Å². The number of hydrogen-bond acceptors (Lipinski definition) is 0. The fourth-order valence-corrected chi connectivity index (χ4v) is 5.72. The van der Waals surface area contributed by atoms with Crippen molar-refractivity contribution in [2.45, 2.75) is 53.4 Å². The number of hydrogen-bond donors (Lipinski definition) is 0. The predicted molar refractivity (Wildman–Crippen MR) is 90.6 cm³/mol. The maximum absolute atomic E-state index is 2.52. The van der Waals surface area contributed by atoms with Gasteiger partial charge in [-0.05, 0) is 52.5 Å². The Bertz CT molecular complexity index is 486. The molecular weight excluding hydrogens is 247 g/mol. The lowest BCUT2D eigenvalue weighted by molar-refractivity contribution is 0.770. The summed E-state index contributed by atoms with van der Waals surface area (Å²) < 4.78 is 0. The minimum atomic E-state index is 0.00980. The molecule has 0 amide bonds. The van der Waals surface area contributed by atoms with Crippen molar-refractivity contribution in [2.75, 3.05) is 12.8 Å². The molecule has 104 valence electrons. The third-order valence-corrected chi connectivity index (χ3v) is 6.67. The Hall–Kier alpha value is -0.610. The van der Waals surface area contributed by atoms with E-state index in [1.807, 2.05) is 0 Å². The molecule has 0 aromatic carbocycles. The number of rotatable bonds is 0. The normalized spacial score (nSPS) is 27.7. The molecule has 0 spiro atoms. The minimum Gasteiger partial charge on any atom is -0.0787 e. The summed E-state index contributed by atoms with van der Waals surface area (Å²) in [4.78, 5) is 0. The highest BCUT2D eigenvalue weighted by molar-refractivity contribution is 7.59. The second-order valence-corrected chi connectivity index (χ2v) is 8.78. The van der Waals surface area contributed by atoms with Crippen LogP contribution in [0.4, 0.5) is 0 Å². The fraction of sp³-hybridized carbons (Fsp3) is 0.611. The van der Waals surface area contributed by atoms with Crippen LogP contribution in [0.2, 0.25) is 0 Å². The van der Waals surface area contributed by atoms with E-state index < -0.39 is 0 Å². The van der Waals surface area contributed by atoms with E-state index in [-0.39, 0.29) is 7.55 Å². The van der Waals surface area contributed by atoms with Crippen LogP contribution >= 0.6 is 7.55 Å². The predicted octanol–water partition coefficient (Wildman–Crippen LogP) is 5.70. The summed E-state index contributed by atoms with van der Waals surface area (Å²) in [6.07, 6.45) is 11.5. The zero-order chi connectivity index (χ0) is 14.0. The highest BCUT2D eigenvalue weighted by Crippen LogP contribution is 2.37. The van der Waals surface area contributed by atoms with E-state index >= 15 is 0 Å². The molecule has 0 saturated carbocycles. The van der Waals surface area contributed by atoms with Gasteiger partial charge in [-0.3, -0.25) is 0 Å². The zero-order valence-electron chi connectivity index (χ0n) is 13.2. The van der Waals surface area contributed by atoms with Gasteiger partial charge in [-0.15, -0.1) is 0 Å². The van der Waals surface area contributed by atoms with Crippen LogP contribution in [0.25, 0.3) is 0 Å². The van der Waals surface area contributed by atoms with Gasteiger partial charge >= 0.3 is 0 Å². The molecule has 1 aliphatic heterocycles. The van der Waals surface area contributed by atoms with Crippen LogP contribution in [0, 0.1) is 5.92 Å². The standard InChI is InChI=1S/C18H28P/c1-13-7-6-8-16(4)17-10-14(2)11-18(17)19(5)12-15(3)9-13/h9,11,15H,6-8,10,12H2,1-5H3/q+1. The molecule has 1 aliphatic carbocycles. The Kier molecular flexibility index (Phi) is 4.85. The molecule has 2 atom stereocenters. The van der Waals surface area contributed by atoms with Crippen LogP contribution in [0.5, 0.6) is 0 Å². The molecule has 2 aliphatic rings. The van der Waals surface area contributed by atoms with E-state index in [2.05, 4.69) is 46.5 Å². The van der Waals surface area contributed by atoms with E-state index in [1.165, 1.54) is 31.8 Å². The molecule has 0 saturated heterocycles.